The molecule has 0 aliphatic heterocycles. The highest BCUT2D eigenvalue weighted by atomic mass is 19.4. The highest BCUT2D eigenvalue weighted by Crippen LogP contribution is 2.40. The number of primary amides is 1. The molecule has 3 aromatic heterocycles. The van der Waals surface area contributed by atoms with Crippen molar-refractivity contribution in [1.82, 2.24) is 19.4 Å². The minimum atomic E-state index is -4.86. The quantitative estimate of drug-likeness (QED) is 0.654. The first-order valence-electron chi connectivity index (χ1n) is 9.11. The monoisotopic (exact) mass is 409 g/mol. The van der Waals surface area contributed by atoms with Crippen LogP contribution in [0, 0.1) is 0 Å². The maximum absolute atomic E-state index is 13.2. The molecule has 3 N–H and O–H groups in total. The number of carbonyl (C=O) groups is 1. The second-order valence-corrected chi connectivity index (χ2v) is 7.32. The fraction of sp³-hybridized carbons (Fsp3) is 0.421. The van der Waals surface area contributed by atoms with E-state index in [1.807, 2.05) is 19.9 Å². The maximum atomic E-state index is 13.2. The van der Waals surface area contributed by atoms with E-state index in [1.54, 1.807) is 22.9 Å². The number of hydrogen-bond acceptors (Lipinski definition) is 4. The van der Waals surface area contributed by atoms with E-state index in [4.69, 9.17) is 5.73 Å². The van der Waals surface area contributed by atoms with Crippen LogP contribution in [0.3, 0.4) is 0 Å². The molecule has 29 heavy (non-hydrogen) atoms. The molecule has 156 valence electrons. The zero-order valence-electron chi connectivity index (χ0n) is 16.2. The topological polar surface area (TPSA) is 98.4 Å². The van der Waals surface area contributed by atoms with Gasteiger partial charge in [-0.25, -0.2) is 4.68 Å². The van der Waals surface area contributed by atoms with Gasteiger partial charge in [0.15, 0.2) is 0 Å². The first kappa shape index (κ1) is 20.8. The van der Waals surface area contributed by atoms with Crippen LogP contribution in [0.5, 0.6) is 0 Å². The van der Waals surface area contributed by atoms with Crippen LogP contribution >= 0.6 is 0 Å². The fourth-order valence-electron chi connectivity index (χ4n) is 3.42. The number of alkyl halides is 3. The summed E-state index contributed by atoms with van der Waals surface area (Å²) >= 11 is 0. The SMILES string of the molecule is CCC(O)(c1cn(Cc2ccc3c(C(C)C)c(C(N)=O)cn3c2)nn1)C(F)(F)F. The Kier molecular flexibility index (Phi) is 5.16. The summed E-state index contributed by atoms with van der Waals surface area (Å²) in [7, 11) is 0. The number of fused-ring (bicyclic) bond motifs is 1. The Morgan fingerprint density at radius 3 is 2.48 bits per heavy atom. The minimum absolute atomic E-state index is 0.0836. The van der Waals surface area contributed by atoms with Gasteiger partial charge in [0, 0.05) is 17.9 Å². The highest BCUT2D eigenvalue weighted by Gasteiger charge is 2.55. The van der Waals surface area contributed by atoms with E-state index in [1.165, 1.54) is 11.6 Å². The molecular weight excluding hydrogens is 387 g/mol. The Bertz CT molecular complexity index is 1050. The van der Waals surface area contributed by atoms with Gasteiger partial charge in [0.2, 0.25) is 5.60 Å². The van der Waals surface area contributed by atoms with Crippen molar-refractivity contribution in [3.05, 3.63) is 53.1 Å². The number of rotatable bonds is 6. The summed E-state index contributed by atoms with van der Waals surface area (Å²) in [5.74, 6) is -0.439. The molecule has 1 amide bonds. The van der Waals surface area contributed by atoms with E-state index in [2.05, 4.69) is 10.3 Å². The zero-order valence-corrected chi connectivity index (χ0v) is 16.2. The fourth-order valence-corrected chi connectivity index (χ4v) is 3.42. The lowest BCUT2D eigenvalue weighted by Crippen LogP contribution is -2.42. The number of amides is 1. The van der Waals surface area contributed by atoms with Gasteiger partial charge in [0.05, 0.1) is 18.3 Å². The van der Waals surface area contributed by atoms with Crippen LogP contribution < -0.4 is 5.73 Å². The van der Waals surface area contributed by atoms with Crippen molar-refractivity contribution in [3.8, 4) is 0 Å². The van der Waals surface area contributed by atoms with Crippen molar-refractivity contribution in [3.63, 3.8) is 0 Å². The standard InChI is InChI=1S/C19H22F3N5O2/c1-4-18(29,19(20,21)22)15-10-27(25-24-15)8-12-5-6-14-16(11(2)3)13(17(23)28)9-26(14)7-12/h5-7,9-11,29H,4,8H2,1-3H3,(H2,23,28). The summed E-state index contributed by atoms with van der Waals surface area (Å²) in [4.78, 5) is 11.7. The third-order valence-electron chi connectivity index (χ3n) is 5.00. The van der Waals surface area contributed by atoms with Crippen molar-refractivity contribution in [2.75, 3.05) is 0 Å². The third-order valence-corrected chi connectivity index (χ3v) is 5.00. The molecule has 1 atom stereocenters. The molecule has 10 heteroatoms. The normalized spacial score (nSPS) is 14.5. The summed E-state index contributed by atoms with van der Waals surface area (Å²) in [5, 5.41) is 17.2. The van der Waals surface area contributed by atoms with Crippen molar-refractivity contribution in [2.45, 2.75) is 51.4 Å². The van der Waals surface area contributed by atoms with Crippen LogP contribution in [0.15, 0.2) is 30.7 Å². The molecule has 3 rings (SSSR count). The van der Waals surface area contributed by atoms with E-state index in [-0.39, 0.29) is 12.5 Å². The highest BCUT2D eigenvalue weighted by molar-refractivity contribution is 5.97. The van der Waals surface area contributed by atoms with Gasteiger partial charge in [0.25, 0.3) is 5.91 Å². The lowest BCUT2D eigenvalue weighted by atomic mass is 9.96. The summed E-state index contributed by atoms with van der Waals surface area (Å²) in [6.07, 6.45) is -0.942. The molecule has 3 aromatic rings. The molecule has 0 radical (unpaired) electrons. The molecule has 0 bridgehead atoms. The van der Waals surface area contributed by atoms with Gasteiger partial charge in [-0.2, -0.15) is 13.2 Å². The number of carbonyl (C=O) groups excluding carboxylic acids is 1. The van der Waals surface area contributed by atoms with Crippen LogP contribution in [0.4, 0.5) is 13.2 Å². The van der Waals surface area contributed by atoms with Crippen LogP contribution in [-0.4, -0.2) is 36.6 Å². The van der Waals surface area contributed by atoms with Crippen LogP contribution in [-0.2, 0) is 12.1 Å². The first-order chi connectivity index (χ1) is 13.5. The van der Waals surface area contributed by atoms with Gasteiger partial charge in [-0.15, -0.1) is 5.10 Å². The Morgan fingerprint density at radius 1 is 1.24 bits per heavy atom. The average molecular weight is 409 g/mol. The number of halogens is 3. The van der Waals surface area contributed by atoms with Gasteiger partial charge in [-0.3, -0.25) is 4.79 Å². The Balaban J connectivity index is 1.94. The van der Waals surface area contributed by atoms with Crippen molar-refractivity contribution in [2.24, 2.45) is 5.73 Å². The van der Waals surface area contributed by atoms with E-state index in [0.29, 0.717) is 5.56 Å². The second kappa shape index (κ2) is 7.18. The molecule has 3 heterocycles. The van der Waals surface area contributed by atoms with Crippen molar-refractivity contribution < 1.29 is 23.1 Å². The minimum Gasteiger partial charge on any atom is -0.375 e. The zero-order chi connectivity index (χ0) is 21.6. The predicted molar refractivity (Wildman–Crippen MR) is 99.4 cm³/mol. The average Bonchev–Trinajstić information content (AvgIpc) is 3.24. The summed E-state index contributed by atoms with van der Waals surface area (Å²) in [6, 6.07) is 3.62. The smallest absolute Gasteiger partial charge is 0.375 e. The number of nitrogens with zero attached hydrogens (tertiary/aromatic N) is 4. The van der Waals surface area contributed by atoms with Gasteiger partial charge >= 0.3 is 6.18 Å². The molecule has 0 saturated heterocycles. The molecule has 1 unspecified atom stereocenters. The predicted octanol–water partition coefficient (Wildman–Crippen LogP) is 2.96. The Labute approximate surface area is 164 Å². The molecular formula is C19H22F3N5O2. The van der Waals surface area contributed by atoms with Gasteiger partial charge in [0.1, 0.15) is 5.69 Å². The van der Waals surface area contributed by atoms with Crippen molar-refractivity contribution >= 4 is 11.4 Å². The summed E-state index contributed by atoms with van der Waals surface area (Å²) in [5.41, 5.74) is 4.71. The van der Waals surface area contributed by atoms with Gasteiger partial charge in [-0.05, 0) is 29.5 Å². The van der Waals surface area contributed by atoms with E-state index < -0.39 is 29.8 Å². The Morgan fingerprint density at radius 2 is 1.93 bits per heavy atom. The van der Waals surface area contributed by atoms with Crippen molar-refractivity contribution in [1.29, 1.82) is 0 Å². The van der Waals surface area contributed by atoms with Gasteiger partial charge in [-0.1, -0.05) is 32.1 Å². The summed E-state index contributed by atoms with van der Waals surface area (Å²) in [6.45, 7) is 5.29. The second-order valence-electron chi connectivity index (χ2n) is 7.32. The van der Waals surface area contributed by atoms with E-state index in [9.17, 15) is 23.1 Å². The largest absolute Gasteiger partial charge is 0.423 e. The Hall–Kier alpha value is -2.88. The lowest BCUT2D eigenvalue weighted by molar-refractivity contribution is -0.269. The molecule has 0 saturated carbocycles. The number of aromatic nitrogens is 4. The van der Waals surface area contributed by atoms with Crippen LogP contribution in [0.25, 0.3) is 5.52 Å². The molecule has 0 aliphatic rings. The molecule has 0 aromatic carbocycles. The van der Waals surface area contributed by atoms with E-state index >= 15 is 0 Å². The number of nitrogens with two attached hydrogens (primary N) is 1. The maximum Gasteiger partial charge on any atom is 0.423 e. The molecule has 7 nitrogen and oxygen atoms in total. The summed E-state index contributed by atoms with van der Waals surface area (Å²) < 4.78 is 42.6. The van der Waals surface area contributed by atoms with Crippen LogP contribution in [0.1, 0.15) is 60.3 Å². The lowest BCUT2D eigenvalue weighted by Gasteiger charge is -2.26. The third kappa shape index (κ3) is 3.59. The number of pyridine rings is 1. The first-order valence-corrected chi connectivity index (χ1v) is 9.11. The number of hydrogen-bond donors (Lipinski definition) is 2. The van der Waals surface area contributed by atoms with Crippen LogP contribution in [0.2, 0.25) is 0 Å². The number of aliphatic hydroxyl groups is 1. The molecule has 0 aliphatic carbocycles. The molecule has 0 fully saturated rings. The van der Waals surface area contributed by atoms with E-state index in [0.717, 1.165) is 22.8 Å². The molecule has 0 spiro atoms. The van der Waals surface area contributed by atoms with Gasteiger partial charge < -0.3 is 15.2 Å².